The molecule has 0 saturated carbocycles. The van der Waals surface area contributed by atoms with Crippen molar-refractivity contribution in [2.45, 2.75) is 6.92 Å². The monoisotopic (exact) mass is 263 g/mol. The maximum Gasteiger partial charge on any atom is 0.323 e. The molecule has 0 amide bonds. The van der Waals surface area contributed by atoms with E-state index in [-0.39, 0.29) is 0 Å². The lowest BCUT2D eigenvalue weighted by atomic mass is 10.1. The average Bonchev–Trinajstić information content (AvgIpc) is 2.37. The summed E-state index contributed by atoms with van der Waals surface area (Å²) in [5, 5.41) is 4.92. The maximum absolute atomic E-state index is 12.0. The molecule has 0 bridgehead atoms. The summed E-state index contributed by atoms with van der Waals surface area (Å²) in [5.41, 5.74) is 1.41. The molecule has 0 saturated heterocycles. The first-order valence-electron chi connectivity index (χ1n) is 5.69. The number of nitrogens with zero attached hydrogens (tertiary/aromatic N) is 1. The number of allylic oxidation sites excluding steroid dienone is 1. The number of benzene rings is 1. The van der Waals surface area contributed by atoms with Gasteiger partial charge in [0.2, 0.25) is 0 Å². The second kappa shape index (κ2) is 3.78. The van der Waals surface area contributed by atoms with Crippen LogP contribution in [0.2, 0.25) is 0 Å². The SMILES string of the molecule is CCN1C=c2ccc3c(c2NS1(=O)=O)NC=CC=3. The third kappa shape index (κ3) is 1.57. The van der Waals surface area contributed by atoms with Gasteiger partial charge < -0.3 is 5.32 Å². The zero-order valence-corrected chi connectivity index (χ0v) is 10.7. The number of hydrogen-bond acceptors (Lipinski definition) is 3. The quantitative estimate of drug-likeness (QED) is 0.757. The van der Waals surface area contributed by atoms with Crippen molar-refractivity contribution in [2.75, 3.05) is 16.6 Å². The number of anilines is 2. The predicted octanol–water partition coefficient (Wildman–Crippen LogP) is 0.136. The Morgan fingerprint density at radius 1 is 1.22 bits per heavy atom. The second-order valence-corrected chi connectivity index (χ2v) is 5.73. The molecule has 0 atom stereocenters. The van der Waals surface area contributed by atoms with Crippen molar-refractivity contribution >= 4 is 33.9 Å². The van der Waals surface area contributed by atoms with Crippen molar-refractivity contribution in [1.82, 2.24) is 4.31 Å². The first-order valence-corrected chi connectivity index (χ1v) is 7.14. The van der Waals surface area contributed by atoms with Crippen LogP contribution in [-0.4, -0.2) is 19.3 Å². The number of rotatable bonds is 1. The molecule has 0 aliphatic carbocycles. The molecule has 0 spiro atoms. The molecule has 0 unspecified atom stereocenters. The normalized spacial score (nSPS) is 18.6. The highest BCUT2D eigenvalue weighted by Crippen LogP contribution is 2.20. The lowest BCUT2D eigenvalue weighted by molar-refractivity contribution is 0.532. The van der Waals surface area contributed by atoms with E-state index in [9.17, 15) is 8.42 Å². The Labute approximate surface area is 105 Å². The van der Waals surface area contributed by atoms with Crippen LogP contribution >= 0.6 is 0 Å². The van der Waals surface area contributed by atoms with Crippen LogP contribution in [0.15, 0.2) is 24.4 Å². The van der Waals surface area contributed by atoms with Crippen LogP contribution in [0.4, 0.5) is 11.4 Å². The van der Waals surface area contributed by atoms with E-state index in [2.05, 4.69) is 10.0 Å². The Bertz CT molecular complexity index is 750. The van der Waals surface area contributed by atoms with Crippen molar-refractivity contribution < 1.29 is 8.42 Å². The zero-order valence-electron chi connectivity index (χ0n) is 9.84. The molecule has 5 nitrogen and oxygen atoms in total. The van der Waals surface area contributed by atoms with E-state index >= 15 is 0 Å². The van der Waals surface area contributed by atoms with Gasteiger partial charge in [-0.1, -0.05) is 18.2 Å². The fraction of sp³-hybridized carbons (Fsp3) is 0.167. The van der Waals surface area contributed by atoms with Gasteiger partial charge in [-0.05, 0) is 13.0 Å². The molecule has 0 aromatic heterocycles. The molecule has 3 rings (SSSR count). The Balaban J connectivity index is 2.31. The molecule has 2 heterocycles. The highest BCUT2D eigenvalue weighted by atomic mass is 32.2. The highest BCUT2D eigenvalue weighted by molar-refractivity contribution is 7.90. The van der Waals surface area contributed by atoms with Crippen LogP contribution in [0, 0.1) is 0 Å². The Kier molecular flexibility index (Phi) is 2.34. The summed E-state index contributed by atoms with van der Waals surface area (Å²) in [6.45, 7) is 2.21. The van der Waals surface area contributed by atoms with Crippen molar-refractivity contribution in [3.63, 3.8) is 0 Å². The minimum absolute atomic E-state index is 0.408. The third-order valence-electron chi connectivity index (χ3n) is 3.00. The van der Waals surface area contributed by atoms with E-state index in [1.807, 2.05) is 24.3 Å². The molecule has 2 aliphatic heterocycles. The van der Waals surface area contributed by atoms with Gasteiger partial charge in [-0.3, -0.25) is 9.03 Å². The third-order valence-corrected chi connectivity index (χ3v) is 4.45. The molecule has 1 aromatic rings. The number of hydrogen-bond donors (Lipinski definition) is 2. The van der Waals surface area contributed by atoms with Crippen LogP contribution in [0.3, 0.4) is 0 Å². The molecule has 0 radical (unpaired) electrons. The first kappa shape index (κ1) is 11.2. The fourth-order valence-corrected chi connectivity index (χ4v) is 3.29. The smallest absolute Gasteiger partial charge is 0.323 e. The van der Waals surface area contributed by atoms with Gasteiger partial charge in [-0.25, -0.2) is 0 Å². The zero-order chi connectivity index (χ0) is 12.8. The summed E-state index contributed by atoms with van der Waals surface area (Å²) < 4.78 is 27.9. The highest BCUT2D eigenvalue weighted by Gasteiger charge is 2.24. The van der Waals surface area contributed by atoms with E-state index in [0.717, 1.165) is 16.1 Å². The molecular weight excluding hydrogens is 250 g/mol. The van der Waals surface area contributed by atoms with Gasteiger partial charge in [-0.15, -0.1) is 0 Å². The molecule has 6 heteroatoms. The lowest BCUT2D eigenvalue weighted by Crippen LogP contribution is -2.40. The summed E-state index contributed by atoms with van der Waals surface area (Å²) in [4.78, 5) is 0. The predicted molar refractivity (Wildman–Crippen MR) is 72.3 cm³/mol. The van der Waals surface area contributed by atoms with Crippen LogP contribution in [0.5, 0.6) is 0 Å². The second-order valence-electron chi connectivity index (χ2n) is 4.10. The standard InChI is InChI=1S/C12H13N3O2S/c1-2-15-8-10-6-5-9-4-3-7-13-11(9)12(10)14-18(15,16)17/h3-8,13-14H,2H2,1H3. The van der Waals surface area contributed by atoms with Gasteiger partial charge in [0.05, 0.1) is 11.4 Å². The van der Waals surface area contributed by atoms with Gasteiger partial charge in [-0.2, -0.15) is 8.42 Å². The Morgan fingerprint density at radius 3 is 2.78 bits per heavy atom. The van der Waals surface area contributed by atoms with Gasteiger partial charge in [0.1, 0.15) is 0 Å². The van der Waals surface area contributed by atoms with Crippen LogP contribution in [-0.2, 0) is 10.2 Å². The van der Waals surface area contributed by atoms with E-state index < -0.39 is 10.2 Å². The van der Waals surface area contributed by atoms with Crippen molar-refractivity contribution in [1.29, 1.82) is 0 Å². The van der Waals surface area contributed by atoms with Gasteiger partial charge >= 0.3 is 10.2 Å². The van der Waals surface area contributed by atoms with Gasteiger partial charge in [0.15, 0.2) is 0 Å². The van der Waals surface area contributed by atoms with Crippen molar-refractivity contribution in [2.24, 2.45) is 0 Å². The fourth-order valence-electron chi connectivity index (χ4n) is 2.10. The van der Waals surface area contributed by atoms with Crippen LogP contribution in [0.1, 0.15) is 6.92 Å². The minimum atomic E-state index is -3.47. The van der Waals surface area contributed by atoms with E-state index in [1.54, 1.807) is 19.3 Å². The Morgan fingerprint density at radius 2 is 2.00 bits per heavy atom. The molecule has 2 aliphatic rings. The lowest BCUT2D eigenvalue weighted by Gasteiger charge is -2.26. The molecule has 18 heavy (non-hydrogen) atoms. The molecule has 94 valence electrons. The first-order chi connectivity index (χ1) is 8.62. The van der Waals surface area contributed by atoms with Crippen molar-refractivity contribution in [3.05, 3.63) is 34.8 Å². The number of fused-ring (bicyclic) bond motifs is 3. The summed E-state index contributed by atoms with van der Waals surface area (Å²) >= 11 is 0. The molecule has 1 aromatic carbocycles. The summed E-state index contributed by atoms with van der Waals surface area (Å²) in [7, 11) is -3.47. The van der Waals surface area contributed by atoms with Crippen LogP contribution < -0.4 is 20.5 Å². The largest absolute Gasteiger partial charge is 0.359 e. The Hall–Kier alpha value is -1.95. The van der Waals surface area contributed by atoms with Crippen molar-refractivity contribution in [3.8, 4) is 0 Å². The average molecular weight is 263 g/mol. The number of nitrogens with one attached hydrogen (secondary N) is 2. The van der Waals surface area contributed by atoms with E-state index in [4.69, 9.17) is 0 Å². The van der Waals surface area contributed by atoms with E-state index in [0.29, 0.717) is 12.2 Å². The summed E-state index contributed by atoms with van der Waals surface area (Å²) in [6, 6.07) is 3.88. The van der Waals surface area contributed by atoms with Gasteiger partial charge in [0.25, 0.3) is 0 Å². The maximum atomic E-state index is 12.0. The minimum Gasteiger partial charge on any atom is -0.359 e. The summed E-state index contributed by atoms with van der Waals surface area (Å²) in [6.07, 6.45) is 7.26. The summed E-state index contributed by atoms with van der Waals surface area (Å²) in [5.74, 6) is 0. The van der Waals surface area contributed by atoms with Crippen LogP contribution in [0.25, 0.3) is 12.3 Å². The molecule has 2 N–H and O–H groups in total. The molecule has 0 fully saturated rings. The molecular formula is C12H13N3O2S. The van der Waals surface area contributed by atoms with Gasteiger partial charge in [0, 0.05) is 29.4 Å². The van der Waals surface area contributed by atoms with E-state index in [1.165, 1.54) is 4.31 Å². The topological polar surface area (TPSA) is 61.4 Å².